The number of carboxylic acid groups (broad SMARTS) is 1. The number of rotatable bonds is 7. The Labute approximate surface area is 313 Å². The first-order valence-electron chi connectivity index (χ1n) is 18.7. The van der Waals surface area contributed by atoms with E-state index in [2.05, 4.69) is 61.4 Å². The number of para-hydroxylation sites is 2. The van der Waals surface area contributed by atoms with Crippen LogP contribution in [-0.2, 0) is 19.1 Å². The molecule has 2 aromatic heterocycles. The third-order valence-electron chi connectivity index (χ3n) is 11.0. The van der Waals surface area contributed by atoms with Gasteiger partial charge >= 0.3 is 23.6 Å². The fraction of sp³-hybridized carbons (Fsp3) is 0.463. The lowest BCUT2D eigenvalue weighted by molar-refractivity contribution is -0.0208. The molecule has 0 saturated carbocycles. The van der Waals surface area contributed by atoms with Crippen LogP contribution >= 0.6 is 0 Å². The topological polar surface area (TPSA) is 174 Å². The summed E-state index contributed by atoms with van der Waals surface area (Å²) < 4.78 is 12.2. The number of aliphatic hydroxyl groups is 1. The molecule has 2 aliphatic heterocycles. The second-order valence-electron chi connectivity index (χ2n) is 15.6. The van der Waals surface area contributed by atoms with Gasteiger partial charge in [0.25, 0.3) is 0 Å². The van der Waals surface area contributed by atoms with E-state index >= 15 is 0 Å². The zero-order valence-electron chi connectivity index (χ0n) is 31.5. The molecular weight excluding hydrogens is 690 g/mol. The molecule has 5 aromatic rings. The minimum absolute atomic E-state index is 0.0301. The quantitative estimate of drug-likeness (QED) is 0.136. The number of piperidine rings is 2. The van der Waals surface area contributed by atoms with Crippen molar-refractivity contribution in [2.24, 2.45) is 12.5 Å². The molecule has 4 heterocycles. The van der Waals surface area contributed by atoms with Crippen LogP contribution in [0, 0.1) is 5.41 Å². The van der Waals surface area contributed by atoms with Crippen LogP contribution in [0.3, 0.4) is 0 Å². The summed E-state index contributed by atoms with van der Waals surface area (Å²) >= 11 is 0. The lowest BCUT2D eigenvalue weighted by Gasteiger charge is -2.46. The molecule has 3 aromatic carbocycles. The van der Waals surface area contributed by atoms with Gasteiger partial charge in [0.1, 0.15) is 0 Å². The number of amides is 3. The van der Waals surface area contributed by atoms with Crippen LogP contribution in [0.1, 0.15) is 81.9 Å². The molecule has 13 nitrogen and oxygen atoms in total. The number of nitrogens with zero attached hydrogens (tertiary/aromatic N) is 3. The highest BCUT2D eigenvalue weighted by Gasteiger charge is 2.40. The number of likely N-dealkylation sites (tertiary alicyclic amines) is 2. The second kappa shape index (κ2) is 16.0. The summed E-state index contributed by atoms with van der Waals surface area (Å²) in [7, 11) is 1.74. The number of benzene rings is 3. The van der Waals surface area contributed by atoms with E-state index in [1.54, 1.807) is 29.8 Å². The fourth-order valence-electron chi connectivity index (χ4n) is 7.88. The van der Waals surface area contributed by atoms with Crippen LogP contribution in [0.5, 0.6) is 0 Å². The summed E-state index contributed by atoms with van der Waals surface area (Å²) in [5, 5.41) is 22.8. The van der Waals surface area contributed by atoms with Crippen molar-refractivity contribution in [3.63, 3.8) is 0 Å². The van der Waals surface area contributed by atoms with Gasteiger partial charge in [0.2, 0.25) is 0 Å². The van der Waals surface area contributed by atoms with Crippen LogP contribution in [0.15, 0.2) is 85.2 Å². The van der Waals surface area contributed by atoms with Gasteiger partial charge < -0.3 is 34.2 Å². The van der Waals surface area contributed by atoms with Crippen molar-refractivity contribution >= 4 is 34.3 Å². The van der Waals surface area contributed by atoms with Gasteiger partial charge in [0.15, 0.2) is 11.2 Å². The molecule has 2 atom stereocenters. The Morgan fingerprint density at radius 1 is 0.926 bits per heavy atom. The lowest BCUT2D eigenvalue weighted by Crippen LogP contribution is -2.54. The van der Waals surface area contributed by atoms with E-state index in [1.807, 2.05) is 23.1 Å². The predicted octanol–water partition coefficient (Wildman–Crippen LogP) is 6.54. The number of carbonyl (C=O) groups is 2. The van der Waals surface area contributed by atoms with E-state index in [0.29, 0.717) is 35.3 Å². The van der Waals surface area contributed by atoms with Crippen molar-refractivity contribution < 1.29 is 28.6 Å². The number of H-pyrrole nitrogens is 1. The average Bonchev–Trinajstić information content (AvgIpc) is 3.68. The number of carbonyl (C=O) groups excluding carboxylic acids is 1. The molecule has 2 saturated heterocycles. The Kier molecular flexibility index (Phi) is 11.4. The van der Waals surface area contributed by atoms with Crippen LogP contribution < -0.4 is 16.8 Å². The molecule has 0 spiro atoms. The highest BCUT2D eigenvalue weighted by Crippen LogP contribution is 2.41. The van der Waals surface area contributed by atoms with E-state index in [0.717, 1.165) is 43.2 Å². The smallest absolute Gasteiger partial charge is 0.419 e. The molecule has 2 fully saturated rings. The first kappa shape index (κ1) is 38.4. The third kappa shape index (κ3) is 8.41. The number of hydrogen-bond acceptors (Lipinski definition) is 7. The SMILES string of the molecule is Cn1c(=O)oc2c(C3CCN(C(=O)NCCCCc4ccccc4)C(C(C)(C)C)C3)cccc21.O=C(O)N1CCC(O)(c2cccc3[nH]c(=O)oc23)CC1. The van der Waals surface area contributed by atoms with Gasteiger partial charge in [0.05, 0.1) is 16.6 Å². The molecule has 0 radical (unpaired) electrons. The number of urea groups is 1. The molecule has 0 bridgehead atoms. The van der Waals surface area contributed by atoms with Crippen molar-refractivity contribution in [3.05, 3.63) is 105 Å². The predicted molar refractivity (Wildman–Crippen MR) is 206 cm³/mol. The molecule has 0 aliphatic carbocycles. The number of nitrogens with one attached hydrogen (secondary N) is 2. The Morgan fingerprint density at radius 3 is 2.35 bits per heavy atom. The molecule has 288 valence electrons. The van der Waals surface area contributed by atoms with Crippen LogP contribution in [-0.4, -0.2) is 73.9 Å². The molecule has 2 unspecified atom stereocenters. The molecule has 2 aliphatic rings. The maximum absolute atomic E-state index is 13.1. The van der Waals surface area contributed by atoms with Gasteiger partial charge in [-0.1, -0.05) is 75.4 Å². The normalized spacial score (nSPS) is 18.7. The highest BCUT2D eigenvalue weighted by molar-refractivity contribution is 5.78. The van der Waals surface area contributed by atoms with Gasteiger partial charge in [-0.2, -0.15) is 0 Å². The molecule has 3 amide bonds. The van der Waals surface area contributed by atoms with Crippen LogP contribution in [0.4, 0.5) is 9.59 Å². The number of aryl methyl sites for hydroxylation is 2. The first-order valence-corrected chi connectivity index (χ1v) is 18.7. The number of oxazole rings is 2. The average molecular weight is 742 g/mol. The summed E-state index contributed by atoms with van der Waals surface area (Å²) in [6, 6.07) is 21.7. The summed E-state index contributed by atoms with van der Waals surface area (Å²) in [6.45, 7) is 8.47. The second-order valence-corrected chi connectivity index (χ2v) is 15.6. The zero-order chi connectivity index (χ0) is 38.6. The highest BCUT2D eigenvalue weighted by atomic mass is 16.4. The fourth-order valence-corrected chi connectivity index (χ4v) is 7.88. The maximum atomic E-state index is 13.1. The zero-order valence-corrected chi connectivity index (χ0v) is 31.5. The summed E-state index contributed by atoms with van der Waals surface area (Å²) in [6.07, 6.45) is 4.31. The van der Waals surface area contributed by atoms with E-state index < -0.39 is 17.5 Å². The van der Waals surface area contributed by atoms with E-state index in [1.165, 1.54) is 10.5 Å². The van der Waals surface area contributed by atoms with Crippen molar-refractivity contribution in [2.75, 3.05) is 26.2 Å². The minimum Gasteiger partial charge on any atom is -0.465 e. The Morgan fingerprint density at radius 2 is 1.65 bits per heavy atom. The van der Waals surface area contributed by atoms with Gasteiger partial charge in [-0.05, 0) is 74.0 Å². The largest absolute Gasteiger partial charge is 0.465 e. The molecule has 54 heavy (non-hydrogen) atoms. The third-order valence-corrected chi connectivity index (χ3v) is 11.0. The van der Waals surface area contributed by atoms with E-state index in [4.69, 9.17) is 13.9 Å². The Balaban J connectivity index is 0.000000210. The van der Waals surface area contributed by atoms with Crippen molar-refractivity contribution in [1.82, 2.24) is 24.7 Å². The van der Waals surface area contributed by atoms with Crippen LogP contribution in [0.25, 0.3) is 22.2 Å². The van der Waals surface area contributed by atoms with Crippen molar-refractivity contribution in [2.45, 2.75) is 83.3 Å². The van der Waals surface area contributed by atoms with Gasteiger partial charge in [0, 0.05) is 50.4 Å². The maximum Gasteiger partial charge on any atom is 0.419 e. The summed E-state index contributed by atoms with van der Waals surface area (Å²) in [5.41, 5.74) is 4.08. The van der Waals surface area contributed by atoms with Crippen molar-refractivity contribution in [1.29, 1.82) is 0 Å². The molecular formula is C41H51N5O8. The minimum atomic E-state index is -1.18. The first-order chi connectivity index (χ1) is 25.7. The Bertz CT molecular complexity index is 2190. The molecule has 4 N–H and O–H groups in total. The monoisotopic (exact) mass is 741 g/mol. The molecule has 13 heteroatoms. The summed E-state index contributed by atoms with van der Waals surface area (Å²) in [5.74, 6) is -0.661. The number of hydrogen-bond donors (Lipinski definition) is 4. The summed E-state index contributed by atoms with van der Waals surface area (Å²) in [4.78, 5) is 53.3. The van der Waals surface area contributed by atoms with Crippen LogP contribution in [0.2, 0.25) is 0 Å². The standard InChI is InChI=1S/C28H37N3O3.C13H14N2O5/c1-28(2,3)24-19-21(22-14-10-15-23-25(22)34-27(33)30(23)4)16-18-31(24)26(32)29-17-9-8-13-20-11-6-5-7-12-20;16-11-14-9-3-1-2-8(10(9)20-11)13(19)4-6-15(7-5-13)12(17)18/h5-7,10-12,14-15,21,24H,8-9,13,16-19H2,1-4H3,(H,29,32);1-3,19H,4-7H2,(H,14,16)(H,17,18). The Hall–Kier alpha value is -5.30. The number of fused-ring (bicyclic) bond motifs is 2. The number of aromatic nitrogens is 2. The number of aromatic amines is 1. The lowest BCUT2D eigenvalue weighted by atomic mass is 9.75. The van der Waals surface area contributed by atoms with Gasteiger partial charge in [-0.25, -0.2) is 19.2 Å². The molecule has 7 rings (SSSR count). The van der Waals surface area contributed by atoms with Gasteiger partial charge in [-0.15, -0.1) is 0 Å². The van der Waals surface area contributed by atoms with Crippen molar-refractivity contribution in [3.8, 4) is 0 Å². The van der Waals surface area contributed by atoms with E-state index in [9.17, 15) is 24.3 Å². The van der Waals surface area contributed by atoms with Gasteiger partial charge in [-0.3, -0.25) is 9.55 Å². The van der Waals surface area contributed by atoms with E-state index in [-0.39, 0.29) is 55.1 Å². The number of unbranched alkanes of at least 4 members (excludes halogenated alkanes) is 1.